The van der Waals surface area contributed by atoms with Gasteiger partial charge >= 0.3 is 0 Å². The Balaban J connectivity index is 2.04. The number of rotatable bonds is 4. The predicted molar refractivity (Wildman–Crippen MR) is 79.8 cm³/mol. The van der Waals surface area contributed by atoms with Crippen LogP contribution in [0.2, 0.25) is 0 Å². The molecule has 1 fully saturated rings. The lowest BCUT2D eigenvalue weighted by molar-refractivity contribution is 0.0912. The van der Waals surface area contributed by atoms with E-state index in [9.17, 15) is 13.5 Å². The number of nitriles is 1. The molecule has 1 atom stereocenters. The van der Waals surface area contributed by atoms with Crippen molar-refractivity contribution in [2.24, 2.45) is 5.92 Å². The van der Waals surface area contributed by atoms with E-state index < -0.39 is 10.0 Å². The van der Waals surface area contributed by atoms with Crippen LogP contribution in [0.3, 0.4) is 0 Å². The summed E-state index contributed by atoms with van der Waals surface area (Å²) < 4.78 is 26.3. The fourth-order valence-corrected chi connectivity index (χ4v) is 4.22. The molecule has 5 nitrogen and oxygen atoms in total. The summed E-state index contributed by atoms with van der Waals surface area (Å²) in [6, 6.07) is 8.70. The number of benzene rings is 1. The molecule has 1 saturated heterocycles. The highest BCUT2D eigenvalue weighted by molar-refractivity contribution is 7.88. The lowest BCUT2D eigenvalue weighted by Gasteiger charge is -2.32. The monoisotopic (exact) mass is 308 g/mol. The second-order valence-corrected chi connectivity index (χ2v) is 7.51. The van der Waals surface area contributed by atoms with Gasteiger partial charge in [0.15, 0.2) is 0 Å². The molecule has 1 aliphatic rings. The minimum Gasteiger partial charge on any atom is -0.393 e. The topological polar surface area (TPSA) is 81.4 Å². The Labute approximate surface area is 125 Å². The van der Waals surface area contributed by atoms with Crippen molar-refractivity contribution in [3.63, 3.8) is 0 Å². The van der Waals surface area contributed by atoms with Crippen molar-refractivity contribution in [3.8, 4) is 6.07 Å². The highest BCUT2D eigenvalue weighted by Crippen LogP contribution is 2.24. The first-order valence-electron chi connectivity index (χ1n) is 7.07. The summed E-state index contributed by atoms with van der Waals surface area (Å²) in [5.41, 5.74) is 1.10. The number of hydrogen-bond donors (Lipinski definition) is 1. The van der Waals surface area contributed by atoms with Crippen LogP contribution in [-0.4, -0.2) is 37.0 Å². The van der Waals surface area contributed by atoms with Crippen LogP contribution in [0, 0.1) is 17.2 Å². The number of sulfonamides is 1. The van der Waals surface area contributed by atoms with E-state index in [1.54, 1.807) is 31.2 Å². The van der Waals surface area contributed by atoms with Gasteiger partial charge in [-0.3, -0.25) is 0 Å². The Morgan fingerprint density at radius 3 is 2.67 bits per heavy atom. The van der Waals surface area contributed by atoms with E-state index in [1.165, 1.54) is 4.31 Å². The van der Waals surface area contributed by atoms with Crippen LogP contribution in [0.1, 0.15) is 30.9 Å². The number of piperidine rings is 1. The van der Waals surface area contributed by atoms with Crippen molar-refractivity contribution in [3.05, 3.63) is 35.4 Å². The second kappa shape index (κ2) is 6.56. The summed E-state index contributed by atoms with van der Waals surface area (Å²) in [7, 11) is -3.37. The van der Waals surface area contributed by atoms with Gasteiger partial charge in [-0.25, -0.2) is 12.7 Å². The maximum atomic E-state index is 12.4. The number of nitrogens with zero attached hydrogens (tertiary/aromatic N) is 2. The smallest absolute Gasteiger partial charge is 0.218 e. The van der Waals surface area contributed by atoms with Crippen LogP contribution in [-0.2, 0) is 15.8 Å². The summed E-state index contributed by atoms with van der Waals surface area (Å²) in [5, 5.41) is 18.4. The summed E-state index contributed by atoms with van der Waals surface area (Å²) >= 11 is 0. The van der Waals surface area contributed by atoms with Gasteiger partial charge in [0, 0.05) is 13.1 Å². The van der Waals surface area contributed by atoms with Crippen molar-refractivity contribution in [2.75, 3.05) is 13.1 Å². The Kier molecular flexibility index (Phi) is 4.99. The molecular weight excluding hydrogens is 288 g/mol. The van der Waals surface area contributed by atoms with Gasteiger partial charge in [0.05, 0.1) is 23.5 Å². The first-order valence-corrected chi connectivity index (χ1v) is 8.68. The summed E-state index contributed by atoms with van der Waals surface area (Å²) in [6.07, 6.45) is 0.992. The molecule has 0 aromatic heterocycles. The molecule has 0 spiro atoms. The minimum atomic E-state index is -3.37. The molecule has 1 aliphatic heterocycles. The molecule has 2 rings (SSSR count). The maximum absolute atomic E-state index is 12.4. The van der Waals surface area contributed by atoms with Crippen LogP contribution in [0.5, 0.6) is 0 Å². The van der Waals surface area contributed by atoms with Crippen molar-refractivity contribution in [1.82, 2.24) is 4.31 Å². The Bertz CT molecular complexity index is 627. The quantitative estimate of drug-likeness (QED) is 0.913. The maximum Gasteiger partial charge on any atom is 0.218 e. The molecule has 0 amide bonds. The molecule has 1 N–H and O–H groups in total. The summed E-state index contributed by atoms with van der Waals surface area (Å²) in [4.78, 5) is 0. The zero-order valence-corrected chi connectivity index (χ0v) is 12.9. The van der Waals surface area contributed by atoms with Gasteiger partial charge in [-0.2, -0.15) is 5.26 Å². The number of hydrogen-bond acceptors (Lipinski definition) is 4. The Morgan fingerprint density at radius 2 is 2.10 bits per heavy atom. The Morgan fingerprint density at radius 1 is 1.43 bits per heavy atom. The molecule has 0 bridgehead atoms. The predicted octanol–water partition coefficient (Wildman–Crippen LogP) is 1.48. The largest absolute Gasteiger partial charge is 0.393 e. The van der Waals surface area contributed by atoms with Crippen molar-refractivity contribution >= 4 is 10.0 Å². The average Bonchev–Trinajstić information content (AvgIpc) is 2.47. The van der Waals surface area contributed by atoms with E-state index in [1.807, 2.05) is 6.07 Å². The van der Waals surface area contributed by atoms with Gasteiger partial charge < -0.3 is 5.11 Å². The summed E-state index contributed by atoms with van der Waals surface area (Å²) in [5.74, 6) is 0.0976. The first kappa shape index (κ1) is 16.0. The molecule has 1 unspecified atom stereocenters. The van der Waals surface area contributed by atoms with Crippen molar-refractivity contribution in [1.29, 1.82) is 5.26 Å². The van der Waals surface area contributed by atoms with Crippen LogP contribution in [0.25, 0.3) is 0 Å². The lowest BCUT2D eigenvalue weighted by atomic mass is 9.93. The molecule has 0 radical (unpaired) electrons. The van der Waals surface area contributed by atoms with Gasteiger partial charge in [0.25, 0.3) is 0 Å². The van der Waals surface area contributed by atoms with E-state index in [2.05, 4.69) is 0 Å². The second-order valence-electron chi connectivity index (χ2n) is 5.55. The van der Waals surface area contributed by atoms with E-state index in [0.717, 1.165) is 0 Å². The highest BCUT2D eigenvalue weighted by Gasteiger charge is 2.29. The van der Waals surface area contributed by atoms with Gasteiger partial charge in [-0.05, 0) is 43.4 Å². The van der Waals surface area contributed by atoms with E-state index in [4.69, 9.17) is 5.26 Å². The van der Waals surface area contributed by atoms with E-state index >= 15 is 0 Å². The highest BCUT2D eigenvalue weighted by atomic mass is 32.2. The molecule has 6 heteroatoms. The van der Waals surface area contributed by atoms with Crippen LogP contribution in [0.4, 0.5) is 0 Å². The number of aliphatic hydroxyl groups excluding tert-OH is 1. The molecule has 0 aliphatic carbocycles. The molecule has 1 heterocycles. The third-order valence-electron chi connectivity index (χ3n) is 3.98. The molecule has 0 saturated carbocycles. The van der Waals surface area contributed by atoms with Gasteiger partial charge in [0.1, 0.15) is 0 Å². The molecular formula is C15H20N2O3S. The Hall–Kier alpha value is -1.42. The molecule has 114 valence electrons. The zero-order chi connectivity index (χ0) is 15.5. The minimum absolute atomic E-state index is 0.0815. The average molecular weight is 308 g/mol. The molecule has 1 aromatic carbocycles. The fraction of sp³-hybridized carbons (Fsp3) is 0.533. The van der Waals surface area contributed by atoms with Crippen LogP contribution >= 0.6 is 0 Å². The van der Waals surface area contributed by atoms with Gasteiger partial charge in [0.2, 0.25) is 10.0 Å². The number of aliphatic hydroxyl groups is 1. The van der Waals surface area contributed by atoms with E-state index in [0.29, 0.717) is 37.1 Å². The third kappa shape index (κ3) is 4.03. The van der Waals surface area contributed by atoms with Crippen LogP contribution < -0.4 is 0 Å². The standard InChI is InChI=1S/C15H20N2O3S/c1-12(18)15-5-7-17(8-6-15)21(19,20)11-14-4-2-3-13(9-14)10-16/h2-4,9,12,15,18H,5-8,11H2,1H3. The fourth-order valence-electron chi connectivity index (χ4n) is 2.67. The molecule has 21 heavy (non-hydrogen) atoms. The van der Waals surface area contributed by atoms with Crippen molar-refractivity contribution < 1.29 is 13.5 Å². The van der Waals surface area contributed by atoms with Crippen molar-refractivity contribution in [2.45, 2.75) is 31.6 Å². The lowest BCUT2D eigenvalue weighted by Crippen LogP contribution is -2.41. The zero-order valence-electron chi connectivity index (χ0n) is 12.1. The molecule has 1 aromatic rings. The van der Waals surface area contributed by atoms with Gasteiger partial charge in [-0.1, -0.05) is 12.1 Å². The summed E-state index contributed by atoms with van der Waals surface area (Å²) in [6.45, 7) is 2.66. The van der Waals surface area contributed by atoms with E-state index in [-0.39, 0.29) is 17.8 Å². The van der Waals surface area contributed by atoms with Crippen LogP contribution in [0.15, 0.2) is 24.3 Å². The first-order chi connectivity index (χ1) is 9.92. The normalized spacial score (nSPS) is 19.1. The third-order valence-corrected chi connectivity index (χ3v) is 5.83. The SMILES string of the molecule is CC(O)C1CCN(S(=O)(=O)Cc2cccc(C#N)c2)CC1. The van der Waals surface area contributed by atoms with Gasteiger partial charge in [-0.15, -0.1) is 0 Å².